The number of morpholine rings is 1. The predicted molar refractivity (Wildman–Crippen MR) is 116 cm³/mol. The quantitative estimate of drug-likeness (QED) is 0.706. The Morgan fingerprint density at radius 3 is 2.30 bits per heavy atom. The zero-order chi connectivity index (χ0) is 21.5. The number of rotatable bonds is 7. The second-order valence-electron chi connectivity index (χ2n) is 7.40. The fourth-order valence-electron chi connectivity index (χ4n) is 3.60. The molecular weight excluding hydrogens is 382 g/mol. The molecule has 1 aliphatic heterocycles. The maximum Gasteiger partial charge on any atom is 0.338 e. The van der Waals surface area contributed by atoms with E-state index in [1.165, 1.54) is 7.11 Å². The van der Waals surface area contributed by atoms with Gasteiger partial charge in [0.05, 0.1) is 37.5 Å². The monoisotopic (exact) mass is 411 g/mol. The number of hydrogen-bond donors (Lipinski definition) is 1. The highest BCUT2D eigenvalue weighted by Gasteiger charge is 2.24. The lowest BCUT2D eigenvalue weighted by Gasteiger charge is -2.35. The Hall–Kier alpha value is -2.90. The summed E-state index contributed by atoms with van der Waals surface area (Å²) in [5.41, 5.74) is 2.82. The topological polar surface area (TPSA) is 71.1 Å². The van der Waals surface area contributed by atoms with Crippen molar-refractivity contribution in [2.24, 2.45) is 0 Å². The molecule has 0 aliphatic carbocycles. The summed E-state index contributed by atoms with van der Waals surface area (Å²) in [6, 6.07) is 15.1. The fraction of sp³-hybridized carbons (Fsp3) is 0.391. The summed E-state index contributed by atoms with van der Waals surface area (Å²) in [4.78, 5) is 29.3. The van der Waals surface area contributed by atoms with Gasteiger partial charge in [-0.15, -0.1) is 0 Å². The van der Waals surface area contributed by atoms with Gasteiger partial charge in [0, 0.05) is 39.4 Å². The van der Waals surface area contributed by atoms with Crippen molar-refractivity contribution < 1.29 is 19.1 Å². The SMILES string of the molecule is COC(=O)c1ccccc1C(=O)NC[C@H](c1ccc(N(C)C)cc1)N1CCOCC1. The molecule has 30 heavy (non-hydrogen) atoms. The molecule has 2 aromatic carbocycles. The van der Waals surface area contributed by atoms with E-state index < -0.39 is 5.97 Å². The largest absolute Gasteiger partial charge is 0.465 e. The highest BCUT2D eigenvalue weighted by atomic mass is 16.5. The molecule has 1 heterocycles. The van der Waals surface area contributed by atoms with Gasteiger partial charge in [-0.2, -0.15) is 0 Å². The van der Waals surface area contributed by atoms with Crippen LogP contribution in [0.5, 0.6) is 0 Å². The Kier molecular flexibility index (Phi) is 7.43. The minimum atomic E-state index is -0.523. The van der Waals surface area contributed by atoms with Gasteiger partial charge >= 0.3 is 5.97 Å². The lowest BCUT2D eigenvalue weighted by molar-refractivity contribution is 0.0162. The standard InChI is InChI=1S/C23H29N3O4/c1-25(2)18-10-8-17(9-11-18)21(26-12-14-30-15-13-26)16-24-22(27)19-6-4-5-7-20(19)23(28)29-3/h4-11,21H,12-16H2,1-3H3,(H,24,27)/t21-/m1/s1. The van der Waals surface area contributed by atoms with Crippen LogP contribution < -0.4 is 10.2 Å². The van der Waals surface area contributed by atoms with Gasteiger partial charge in [-0.05, 0) is 29.8 Å². The van der Waals surface area contributed by atoms with Crippen LogP contribution in [0.25, 0.3) is 0 Å². The molecule has 0 spiro atoms. The molecule has 0 unspecified atom stereocenters. The first-order chi connectivity index (χ1) is 14.5. The van der Waals surface area contributed by atoms with Crippen molar-refractivity contribution in [3.8, 4) is 0 Å². The molecule has 1 aliphatic rings. The molecule has 3 rings (SSSR count). The summed E-state index contributed by atoms with van der Waals surface area (Å²) in [7, 11) is 5.32. The zero-order valence-corrected chi connectivity index (χ0v) is 17.8. The van der Waals surface area contributed by atoms with Crippen LogP contribution in [-0.4, -0.2) is 70.8 Å². The summed E-state index contributed by atoms with van der Waals surface area (Å²) >= 11 is 0. The summed E-state index contributed by atoms with van der Waals surface area (Å²) in [6.07, 6.45) is 0. The van der Waals surface area contributed by atoms with Gasteiger partial charge in [0.1, 0.15) is 0 Å². The van der Waals surface area contributed by atoms with E-state index in [9.17, 15) is 9.59 Å². The molecule has 1 N–H and O–H groups in total. The number of ether oxygens (including phenoxy) is 2. The predicted octanol–water partition coefficient (Wildman–Crippen LogP) is 2.34. The average molecular weight is 412 g/mol. The molecule has 0 bridgehead atoms. The highest BCUT2D eigenvalue weighted by molar-refractivity contribution is 6.05. The average Bonchev–Trinajstić information content (AvgIpc) is 2.79. The van der Waals surface area contributed by atoms with Crippen LogP contribution in [0.3, 0.4) is 0 Å². The van der Waals surface area contributed by atoms with E-state index in [4.69, 9.17) is 9.47 Å². The lowest BCUT2D eigenvalue weighted by Crippen LogP contribution is -2.44. The molecular formula is C23H29N3O4. The number of hydrogen-bond acceptors (Lipinski definition) is 6. The van der Waals surface area contributed by atoms with Crippen molar-refractivity contribution in [1.82, 2.24) is 10.2 Å². The number of anilines is 1. The molecule has 7 heteroatoms. The zero-order valence-electron chi connectivity index (χ0n) is 17.8. The van der Waals surface area contributed by atoms with Gasteiger partial charge in [-0.25, -0.2) is 4.79 Å². The lowest BCUT2D eigenvalue weighted by atomic mass is 10.0. The normalized spacial score (nSPS) is 15.3. The number of nitrogens with zero attached hydrogens (tertiary/aromatic N) is 2. The van der Waals surface area contributed by atoms with Gasteiger partial charge < -0.3 is 19.7 Å². The summed E-state index contributed by atoms with van der Waals surface area (Å²) in [5, 5.41) is 3.01. The van der Waals surface area contributed by atoms with E-state index >= 15 is 0 Å². The Labute approximate surface area is 177 Å². The fourth-order valence-corrected chi connectivity index (χ4v) is 3.60. The van der Waals surface area contributed by atoms with Crippen LogP contribution in [0.1, 0.15) is 32.3 Å². The van der Waals surface area contributed by atoms with Crippen LogP contribution >= 0.6 is 0 Å². The Bertz CT molecular complexity index is 861. The van der Waals surface area contributed by atoms with E-state index in [1.807, 2.05) is 14.1 Å². The van der Waals surface area contributed by atoms with Crippen LogP contribution in [0.15, 0.2) is 48.5 Å². The molecule has 1 fully saturated rings. The van der Waals surface area contributed by atoms with Gasteiger partial charge in [-0.1, -0.05) is 24.3 Å². The molecule has 1 atom stereocenters. The third kappa shape index (κ3) is 5.17. The summed E-state index contributed by atoms with van der Waals surface area (Å²) in [5.74, 6) is -0.816. The van der Waals surface area contributed by atoms with Crippen LogP contribution in [0.2, 0.25) is 0 Å². The number of esters is 1. The first kappa shape index (κ1) is 21.8. The molecule has 2 aromatic rings. The number of amides is 1. The molecule has 7 nitrogen and oxygen atoms in total. The van der Waals surface area contributed by atoms with E-state index in [-0.39, 0.29) is 17.5 Å². The third-order valence-electron chi connectivity index (χ3n) is 5.31. The molecule has 0 radical (unpaired) electrons. The maximum absolute atomic E-state index is 12.9. The minimum Gasteiger partial charge on any atom is -0.465 e. The van der Waals surface area contributed by atoms with Crippen molar-refractivity contribution >= 4 is 17.6 Å². The smallest absolute Gasteiger partial charge is 0.338 e. The van der Waals surface area contributed by atoms with Crippen molar-refractivity contribution in [1.29, 1.82) is 0 Å². The summed E-state index contributed by atoms with van der Waals surface area (Å²) in [6.45, 7) is 3.37. The maximum atomic E-state index is 12.9. The van der Waals surface area contributed by atoms with Crippen LogP contribution in [-0.2, 0) is 9.47 Å². The van der Waals surface area contributed by atoms with Crippen molar-refractivity contribution in [2.75, 3.05) is 59.0 Å². The van der Waals surface area contributed by atoms with Gasteiger partial charge in [0.15, 0.2) is 0 Å². The molecule has 1 saturated heterocycles. The number of carbonyl (C=O) groups excluding carboxylic acids is 2. The van der Waals surface area contributed by atoms with Gasteiger partial charge in [0.2, 0.25) is 0 Å². The van der Waals surface area contributed by atoms with E-state index in [2.05, 4.69) is 39.4 Å². The van der Waals surface area contributed by atoms with E-state index in [0.717, 1.165) is 24.3 Å². The first-order valence-electron chi connectivity index (χ1n) is 10.1. The van der Waals surface area contributed by atoms with Gasteiger partial charge in [0.25, 0.3) is 5.91 Å². The molecule has 0 aromatic heterocycles. The first-order valence-corrected chi connectivity index (χ1v) is 10.1. The molecule has 160 valence electrons. The number of benzene rings is 2. The third-order valence-corrected chi connectivity index (χ3v) is 5.31. The Morgan fingerprint density at radius 2 is 1.70 bits per heavy atom. The number of carbonyl (C=O) groups is 2. The second kappa shape index (κ2) is 10.2. The number of nitrogens with one attached hydrogen (secondary N) is 1. The van der Waals surface area contributed by atoms with E-state index in [0.29, 0.717) is 25.3 Å². The minimum absolute atomic E-state index is 0.0133. The Morgan fingerprint density at radius 1 is 1.07 bits per heavy atom. The summed E-state index contributed by atoms with van der Waals surface area (Å²) < 4.78 is 10.3. The van der Waals surface area contributed by atoms with Crippen molar-refractivity contribution in [2.45, 2.75) is 6.04 Å². The molecule has 1 amide bonds. The van der Waals surface area contributed by atoms with E-state index in [1.54, 1.807) is 24.3 Å². The molecule has 0 saturated carbocycles. The van der Waals surface area contributed by atoms with Crippen LogP contribution in [0.4, 0.5) is 5.69 Å². The number of methoxy groups -OCH3 is 1. The Balaban J connectivity index is 1.78. The van der Waals surface area contributed by atoms with Crippen molar-refractivity contribution in [3.05, 3.63) is 65.2 Å². The van der Waals surface area contributed by atoms with Crippen molar-refractivity contribution in [3.63, 3.8) is 0 Å². The highest BCUT2D eigenvalue weighted by Crippen LogP contribution is 2.24. The van der Waals surface area contributed by atoms with Crippen LogP contribution in [0, 0.1) is 0 Å². The van der Waals surface area contributed by atoms with Gasteiger partial charge in [-0.3, -0.25) is 9.69 Å². The second-order valence-corrected chi connectivity index (χ2v) is 7.40.